The third-order valence-corrected chi connectivity index (χ3v) is 7.07. The molecule has 0 saturated carbocycles. The van der Waals surface area contributed by atoms with Crippen LogP contribution in [0.25, 0.3) is 0 Å². The summed E-state index contributed by atoms with van der Waals surface area (Å²) in [6.07, 6.45) is 0.0268. The van der Waals surface area contributed by atoms with Gasteiger partial charge in [-0.2, -0.15) is 0 Å². The second-order valence-corrected chi connectivity index (χ2v) is 9.67. The molecule has 1 aliphatic heterocycles. The molecular formula is C27H26ClN3O5S. The van der Waals surface area contributed by atoms with Crippen molar-refractivity contribution in [2.24, 2.45) is 4.99 Å². The zero-order valence-corrected chi connectivity index (χ0v) is 22.1. The fraction of sp³-hybridized carbons (Fsp3) is 0.222. The number of carbonyl (C=O) groups is 2. The Morgan fingerprint density at radius 3 is 2.35 bits per heavy atom. The third kappa shape index (κ3) is 6.55. The van der Waals surface area contributed by atoms with Crippen LogP contribution in [0.3, 0.4) is 0 Å². The number of thioether (sulfide) groups is 1. The number of halogens is 1. The molecule has 0 bridgehead atoms. The number of anilines is 1. The van der Waals surface area contributed by atoms with E-state index in [1.807, 2.05) is 12.1 Å². The summed E-state index contributed by atoms with van der Waals surface area (Å²) in [6, 6.07) is 19.5. The van der Waals surface area contributed by atoms with Gasteiger partial charge in [-0.05, 0) is 66.2 Å². The molecule has 0 aliphatic carbocycles. The van der Waals surface area contributed by atoms with Crippen molar-refractivity contribution in [3.8, 4) is 17.2 Å². The second kappa shape index (κ2) is 12.0. The maximum absolute atomic E-state index is 13.3. The molecule has 1 atom stereocenters. The van der Waals surface area contributed by atoms with Crippen molar-refractivity contribution in [2.75, 3.05) is 26.6 Å². The summed E-state index contributed by atoms with van der Waals surface area (Å²) in [4.78, 5) is 32.7. The topological polar surface area (TPSA) is 89.5 Å². The number of carbonyl (C=O) groups excluding carboxylic acids is 2. The van der Waals surface area contributed by atoms with Crippen molar-refractivity contribution in [1.29, 1.82) is 0 Å². The van der Waals surface area contributed by atoms with E-state index in [2.05, 4.69) is 5.32 Å². The van der Waals surface area contributed by atoms with Crippen molar-refractivity contribution in [2.45, 2.75) is 18.2 Å². The van der Waals surface area contributed by atoms with Crippen molar-refractivity contribution in [3.63, 3.8) is 0 Å². The molecule has 1 heterocycles. The molecule has 0 aromatic heterocycles. The molecule has 1 saturated heterocycles. The number of aliphatic imine (C=N–C) groups is 1. The first-order chi connectivity index (χ1) is 17.9. The van der Waals surface area contributed by atoms with Crippen LogP contribution in [0.1, 0.15) is 12.0 Å². The van der Waals surface area contributed by atoms with Gasteiger partial charge in [0.15, 0.2) is 16.7 Å². The number of amides is 2. The number of rotatable bonds is 8. The Morgan fingerprint density at radius 1 is 1.00 bits per heavy atom. The third-order valence-electron chi connectivity index (χ3n) is 5.63. The van der Waals surface area contributed by atoms with E-state index in [4.69, 9.17) is 30.8 Å². The van der Waals surface area contributed by atoms with Crippen LogP contribution in [0.5, 0.6) is 17.2 Å². The highest BCUT2D eigenvalue weighted by Gasteiger charge is 2.36. The molecule has 1 fully saturated rings. The normalized spacial score (nSPS) is 16.4. The lowest BCUT2D eigenvalue weighted by Crippen LogP contribution is -2.44. The first-order valence-electron chi connectivity index (χ1n) is 11.4. The average molecular weight is 540 g/mol. The van der Waals surface area contributed by atoms with E-state index in [1.54, 1.807) is 80.8 Å². The minimum absolute atomic E-state index is 0.0268. The van der Waals surface area contributed by atoms with Gasteiger partial charge < -0.3 is 19.5 Å². The molecule has 1 unspecified atom stereocenters. The quantitative estimate of drug-likeness (QED) is 0.405. The van der Waals surface area contributed by atoms with Gasteiger partial charge in [0.25, 0.3) is 0 Å². The molecule has 3 aromatic carbocycles. The smallest absolute Gasteiger partial charge is 0.238 e. The van der Waals surface area contributed by atoms with E-state index >= 15 is 0 Å². The van der Waals surface area contributed by atoms with E-state index in [-0.39, 0.29) is 24.8 Å². The number of hydrogen-bond donors (Lipinski definition) is 1. The van der Waals surface area contributed by atoms with Gasteiger partial charge >= 0.3 is 0 Å². The Labute approximate surface area is 224 Å². The molecular weight excluding hydrogens is 514 g/mol. The Balaban J connectivity index is 1.61. The molecule has 0 radical (unpaired) electrons. The maximum atomic E-state index is 13.3. The maximum Gasteiger partial charge on any atom is 0.238 e. The lowest BCUT2D eigenvalue weighted by atomic mass is 10.1. The number of nitrogens with one attached hydrogen (secondary N) is 1. The highest BCUT2D eigenvalue weighted by molar-refractivity contribution is 8.15. The van der Waals surface area contributed by atoms with Crippen LogP contribution >= 0.6 is 23.4 Å². The van der Waals surface area contributed by atoms with Crippen LogP contribution in [-0.4, -0.2) is 48.5 Å². The van der Waals surface area contributed by atoms with Crippen LogP contribution in [0.4, 0.5) is 11.4 Å². The Bertz CT molecular complexity index is 1300. The monoisotopic (exact) mass is 539 g/mol. The van der Waals surface area contributed by atoms with Gasteiger partial charge in [-0.1, -0.05) is 29.4 Å². The number of hydrogen-bond acceptors (Lipinski definition) is 7. The van der Waals surface area contributed by atoms with Gasteiger partial charge in [0.2, 0.25) is 11.8 Å². The molecule has 4 rings (SSSR count). The van der Waals surface area contributed by atoms with Crippen LogP contribution in [0, 0.1) is 0 Å². The number of methoxy groups -OCH3 is 3. The predicted octanol–water partition coefficient (Wildman–Crippen LogP) is 5.53. The zero-order valence-electron chi connectivity index (χ0n) is 20.6. The largest absolute Gasteiger partial charge is 0.497 e. The fourth-order valence-corrected chi connectivity index (χ4v) is 4.91. The van der Waals surface area contributed by atoms with Crippen LogP contribution in [0.15, 0.2) is 71.7 Å². The molecule has 1 aliphatic rings. The Hall–Kier alpha value is -3.69. The van der Waals surface area contributed by atoms with Crippen molar-refractivity contribution in [3.05, 3.63) is 77.3 Å². The molecule has 2 amide bonds. The minimum Gasteiger partial charge on any atom is -0.497 e. The van der Waals surface area contributed by atoms with Crippen LogP contribution in [0.2, 0.25) is 5.02 Å². The van der Waals surface area contributed by atoms with Crippen molar-refractivity contribution in [1.82, 2.24) is 4.90 Å². The summed E-state index contributed by atoms with van der Waals surface area (Å²) in [6.45, 7) is 0.257. The summed E-state index contributed by atoms with van der Waals surface area (Å²) in [5.41, 5.74) is 2.06. The molecule has 8 nitrogen and oxygen atoms in total. The van der Waals surface area contributed by atoms with E-state index in [1.165, 1.54) is 11.8 Å². The molecule has 3 aromatic rings. The van der Waals surface area contributed by atoms with Gasteiger partial charge in [0.1, 0.15) is 11.0 Å². The average Bonchev–Trinajstić information content (AvgIpc) is 2.92. The summed E-state index contributed by atoms with van der Waals surface area (Å²) in [5, 5.41) is 3.20. The lowest BCUT2D eigenvalue weighted by molar-refractivity contribution is -0.129. The lowest BCUT2D eigenvalue weighted by Gasteiger charge is -2.32. The highest BCUT2D eigenvalue weighted by atomic mass is 35.5. The van der Waals surface area contributed by atoms with Gasteiger partial charge in [-0.15, -0.1) is 0 Å². The van der Waals surface area contributed by atoms with Gasteiger partial charge in [0.05, 0.1) is 33.6 Å². The van der Waals surface area contributed by atoms with Crippen molar-refractivity contribution < 1.29 is 23.8 Å². The number of benzene rings is 3. The number of ether oxygens (including phenoxy) is 3. The zero-order chi connectivity index (χ0) is 26.4. The first-order valence-corrected chi connectivity index (χ1v) is 12.6. The molecule has 192 valence electrons. The van der Waals surface area contributed by atoms with Gasteiger partial charge in [-0.25, -0.2) is 4.99 Å². The van der Waals surface area contributed by atoms with Crippen molar-refractivity contribution >= 4 is 51.7 Å². The number of nitrogens with zero attached hydrogens (tertiary/aromatic N) is 2. The van der Waals surface area contributed by atoms with E-state index < -0.39 is 5.25 Å². The predicted molar refractivity (Wildman–Crippen MR) is 146 cm³/mol. The molecule has 0 spiro atoms. The fourth-order valence-electron chi connectivity index (χ4n) is 3.68. The Morgan fingerprint density at radius 2 is 1.70 bits per heavy atom. The van der Waals surface area contributed by atoms with E-state index in [0.29, 0.717) is 38.8 Å². The standard InChI is InChI=1S/C27H26ClN3O5S/c1-34-21-11-9-20(10-12-21)30-27-31(16-17-4-13-22(35-2)23(14-17)36-3)25(32)15-24(37-27)26(33)29-19-7-5-18(28)6-8-19/h4-14,24H,15-16H2,1-3H3,(H,29,33). The molecule has 1 N–H and O–H groups in total. The molecule has 37 heavy (non-hydrogen) atoms. The SMILES string of the molecule is COc1ccc(N=C2SC(C(=O)Nc3ccc(Cl)cc3)CC(=O)N2Cc2ccc(OC)c(OC)c2)cc1. The summed E-state index contributed by atoms with van der Waals surface area (Å²) >= 11 is 7.19. The number of amidine groups is 1. The molecule has 10 heteroatoms. The highest BCUT2D eigenvalue weighted by Crippen LogP contribution is 2.33. The van der Waals surface area contributed by atoms with E-state index in [0.717, 1.165) is 5.56 Å². The first kappa shape index (κ1) is 26.4. The summed E-state index contributed by atoms with van der Waals surface area (Å²) < 4.78 is 16.0. The Kier molecular flexibility index (Phi) is 8.58. The van der Waals surface area contributed by atoms with Crippen LogP contribution in [-0.2, 0) is 16.1 Å². The van der Waals surface area contributed by atoms with E-state index in [9.17, 15) is 9.59 Å². The summed E-state index contributed by atoms with van der Waals surface area (Å²) in [7, 11) is 4.71. The van der Waals surface area contributed by atoms with Crippen LogP contribution < -0.4 is 19.5 Å². The minimum atomic E-state index is -0.651. The van der Waals surface area contributed by atoms with Gasteiger partial charge in [-0.3, -0.25) is 14.5 Å². The summed E-state index contributed by atoms with van der Waals surface area (Å²) in [5.74, 6) is 1.35. The van der Waals surface area contributed by atoms with Gasteiger partial charge in [0, 0.05) is 17.1 Å². The second-order valence-electron chi connectivity index (χ2n) is 8.07.